The van der Waals surface area contributed by atoms with E-state index in [1.807, 2.05) is 38.1 Å². The molecule has 0 saturated heterocycles. The quantitative estimate of drug-likeness (QED) is 0.780. The molecule has 0 radical (unpaired) electrons. The number of benzene rings is 2. The first-order valence-corrected chi connectivity index (χ1v) is 8.76. The van der Waals surface area contributed by atoms with E-state index in [0.717, 1.165) is 11.3 Å². The third kappa shape index (κ3) is 5.23. The summed E-state index contributed by atoms with van der Waals surface area (Å²) in [4.78, 5) is 25.0. The highest BCUT2D eigenvalue weighted by Crippen LogP contribution is 2.16. The van der Waals surface area contributed by atoms with Crippen molar-refractivity contribution in [1.29, 1.82) is 0 Å². The van der Waals surface area contributed by atoms with E-state index >= 15 is 0 Å². The highest BCUT2D eigenvalue weighted by atomic mass is 35.5. The third-order valence-corrected chi connectivity index (χ3v) is 4.31. The summed E-state index contributed by atoms with van der Waals surface area (Å²) in [6.45, 7) is 4.13. The molecule has 0 fully saturated rings. The van der Waals surface area contributed by atoms with Crippen LogP contribution in [0.3, 0.4) is 0 Å². The van der Waals surface area contributed by atoms with E-state index in [2.05, 4.69) is 10.6 Å². The van der Waals surface area contributed by atoms with Crippen molar-refractivity contribution in [1.82, 2.24) is 10.6 Å². The molecule has 0 spiro atoms. The van der Waals surface area contributed by atoms with Crippen LogP contribution in [0, 0.1) is 5.92 Å². The first-order valence-electron chi connectivity index (χ1n) is 8.38. The van der Waals surface area contributed by atoms with E-state index in [1.54, 1.807) is 31.4 Å². The fourth-order valence-electron chi connectivity index (χ4n) is 2.44. The molecule has 0 saturated carbocycles. The van der Waals surface area contributed by atoms with Crippen LogP contribution in [-0.4, -0.2) is 25.0 Å². The van der Waals surface area contributed by atoms with Gasteiger partial charge in [-0.2, -0.15) is 0 Å². The van der Waals surface area contributed by atoms with Crippen molar-refractivity contribution in [2.75, 3.05) is 7.11 Å². The molecule has 0 aliphatic heterocycles. The highest BCUT2D eigenvalue weighted by molar-refractivity contribution is 6.33. The zero-order chi connectivity index (χ0) is 19.1. The Labute approximate surface area is 158 Å². The number of nitrogens with one attached hydrogen (secondary N) is 2. The number of carbonyl (C=O) groups excluding carboxylic acids is 2. The molecule has 0 heterocycles. The molecule has 0 aliphatic carbocycles. The molecule has 2 aromatic rings. The maximum Gasteiger partial charge on any atom is 0.253 e. The Morgan fingerprint density at radius 1 is 1.08 bits per heavy atom. The number of rotatable bonds is 7. The average Bonchev–Trinajstić information content (AvgIpc) is 2.64. The number of methoxy groups -OCH3 is 1. The summed E-state index contributed by atoms with van der Waals surface area (Å²) in [5.41, 5.74) is 1.29. The van der Waals surface area contributed by atoms with Crippen molar-refractivity contribution in [2.24, 2.45) is 5.92 Å². The van der Waals surface area contributed by atoms with Gasteiger partial charge in [0.15, 0.2) is 0 Å². The molecule has 2 N–H and O–H groups in total. The first-order chi connectivity index (χ1) is 12.4. The number of carbonyl (C=O) groups is 2. The van der Waals surface area contributed by atoms with Gasteiger partial charge in [0, 0.05) is 6.54 Å². The molecule has 6 heteroatoms. The number of hydrogen-bond acceptors (Lipinski definition) is 3. The summed E-state index contributed by atoms with van der Waals surface area (Å²) >= 11 is 6.06. The van der Waals surface area contributed by atoms with Gasteiger partial charge in [0.2, 0.25) is 5.91 Å². The zero-order valence-electron chi connectivity index (χ0n) is 15.1. The average molecular weight is 375 g/mol. The number of hydrogen-bond donors (Lipinski definition) is 2. The van der Waals surface area contributed by atoms with Crippen LogP contribution in [0.2, 0.25) is 5.02 Å². The Hall–Kier alpha value is -2.53. The van der Waals surface area contributed by atoms with Crippen LogP contribution in [0.5, 0.6) is 5.75 Å². The molecule has 2 amide bonds. The Balaban J connectivity index is 2.00. The van der Waals surface area contributed by atoms with E-state index in [-0.39, 0.29) is 17.7 Å². The molecule has 0 aromatic heterocycles. The van der Waals surface area contributed by atoms with Gasteiger partial charge in [-0.15, -0.1) is 0 Å². The van der Waals surface area contributed by atoms with Crippen LogP contribution in [0.4, 0.5) is 0 Å². The summed E-state index contributed by atoms with van der Waals surface area (Å²) in [6.07, 6.45) is 0. The van der Waals surface area contributed by atoms with Gasteiger partial charge in [-0.25, -0.2) is 0 Å². The minimum Gasteiger partial charge on any atom is -0.497 e. The van der Waals surface area contributed by atoms with Crippen molar-refractivity contribution in [2.45, 2.75) is 26.4 Å². The SMILES string of the molecule is COc1ccc(CNC(=O)C(NC(=O)c2ccccc2Cl)C(C)C)cc1. The molecule has 5 nitrogen and oxygen atoms in total. The lowest BCUT2D eigenvalue weighted by Gasteiger charge is -2.22. The first kappa shape index (κ1) is 19.8. The normalized spacial score (nSPS) is 11.7. The summed E-state index contributed by atoms with van der Waals surface area (Å²) in [7, 11) is 1.60. The second-order valence-electron chi connectivity index (χ2n) is 6.24. The largest absolute Gasteiger partial charge is 0.497 e. The molecule has 2 rings (SSSR count). The standard InChI is InChI=1S/C20H23ClN2O3/c1-13(2)18(23-19(24)16-6-4-5-7-17(16)21)20(25)22-12-14-8-10-15(26-3)11-9-14/h4-11,13,18H,12H2,1-3H3,(H,22,25)(H,23,24). The Morgan fingerprint density at radius 3 is 2.31 bits per heavy atom. The molecular weight excluding hydrogens is 352 g/mol. The number of ether oxygens (including phenoxy) is 1. The van der Waals surface area contributed by atoms with E-state index < -0.39 is 6.04 Å². The summed E-state index contributed by atoms with van der Waals surface area (Å²) in [6, 6.07) is 13.5. The Bertz CT molecular complexity index is 760. The third-order valence-electron chi connectivity index (χ3n) is 3.98. The minimum atomic E-state index is -0.656. The van der Waals surface area contributed by atoms with Crippen molar-refractivity contribution in [3.05, 3.63) is 64.7 Å². The van der Waals surface area contributed by atoms with Crippen LogP contribution in [0.1, 0.15) is 29.8 Å². The van der Waals surface area contributed by atoms with Crippen molar-refractivity contribution < 1.29 is 14.3 Å². The molecule has 0 aliphatic rings. The van der Waals surface area contributed by atoms with E-state index in [1.165, 1.54) is 0 Å². The molecule has 2 aromatic carbocycles. The van der Waals surface area contributed by atoms with Crippen molar-refractivity contribution >= 4 is 23.4 Å². The molecule has 1 atom stereocenters. The smallest absolute Gasteiger partial charge is 0.253 e. The second-order valence-corrected chi connectivity index (χ2v) is 6.65. The van der Waals surface area contributed by atoms with Crippen molar-refractivity contribution in [3.8, 4) is 5.75 Å². The van der Waals surface area contributed by atoms with Gasteiger partial charge in [-0.1, -0.05) is 49.7 Å². The predicted octanol–water partition coefficient (Wildman–Crippen LogP) is 3.42. The topological polar surface area (TPSA) is 67.4 Å². The maximum absolute atomic E-state index is 12.5. The molecule has 1 unspecified atom stereocenters. The lowest BCUT2D eigenvalue weighted by molar-refractivity contribution is -0.124. The molecular formula is C20H23ClN2O3. The Kier molecular flexibility index (Phi) is 7.04. The molecule has 138 valence electrons. The lowest BCUT2D eigenvalue weighted by Crippen LogP contribution is -2.49. The van der Waals surface area contributed by atoms with Crippen LogP contribution < -0.4 is 15.4 Å². The molecule has 0 bridgehead atoms. The molecule has 26 heavy (non-hydrogen) atoms. The lowest BCUT2D eigenvalue weighted by atomic mass is 10.0. The number of amides is 2. The van der Waals surface area contributed by atoms with Gasteiger partial charge in [-0.3, -0.25) is 9.59 Å². The van der Waals surface area contributed by atoms with Crippen molar-refractivity contribution in [3.63, 3.8) is 0 Å². The summed E-state index contributed by atoms with van der Waals surface area (Å²) < 4.78 is 5.11. The monoisotopic (exact) mass is 374 g/mol. The minimum absolute atomic E-state index is 0.0719. The second kappa shape index (κ2) is 9.25. The highest BCUT2D eigenvalue weighted by Gasteiger charge is 2.25. The van der Waals surface area contributed by atoms with Crippen LogP contribution in [0.25, 0.3) is 0 Å². The Morgan fingerprint density at radius 2 is 1.73 bits per heavy atom. The fourth-order valence-corrected chi connectivity index (χ4v) is 2.66. The summed E-state index contributed by atoms with van der Waals surface area (Å²) in [5.74, 6) is 0.0783. The van der Waals surface area contributed by atoms with Gasteiger partial charge in [0.1, 0.15) is 11.8 Å². The predicted molar refractivity (Wildman–Crippen MR) is 102 cm³/mol. The van der Waals surface area contributed by atoms with Gasteiger partial charge in [-0.05, 0) is 35.7 Å². The van der Waals surface area contributed by atoms with E-state index in [9.17, 15) is 9.59 Å². The van der Waals surface area contributed by atoms with Gasteiger partial charge in [0.25, 0.3) is 5.91 Å². The number of halogens is 1. The van der Waals surface area contributed by atoms with Crippen LogP contribution in [0.15, 0.2) is 48.5 Å². The maximum atomic E-state index is 12.5. The van der Waals surface area contributed by atoms with E-state index in [4.69, 9.17) is 16.3 Å². The van der Waals surface area contributed by atoms with Gasteiger partial charge >= 0.3 is 0 Å². The van der Waals surface area contributed by atoms with Crippen LogP contribution >= 0.6 is 11.6 Å². The summed E-state index contributed by atoms with van der Waals surface area (Å²) in [5, 5.41) is 5.99. The van der Waals surface area contributed by atoms with Gasteiger partial charge < -0.3 is 15.4 Å². The fraction of sp³-hybridized carbons (Fsp3) is 0.300. The zero-order valence-corrected chi connectivity index (χ0v) is 15.8. The van der Waals surface area contributed by atoms with Crippen LogP contribution in [-0.2, 0) is 11.3 Å². The van der Waals surface area contributed by atoms with E-state index in [0.29, 0.717) is 17.1 Å². The van der Waals surface area contributed by atoms with Gasteiger partial charge in [0.05, 0.1) is 17.7 Å².